The van der Waals surface area contributed by atoms with Crippen LogP contribution in [0.2, 0.25) is 0 Å². The first kappa shape index (κ1) is 14.1. The molecule has 0 aliphatic carbocycles. The van der Waals surface area contributed by atoms with Gasteiger partial charge in [-0.15, -0.1) is 0 Å². The first-order chi connectivity index (χ1) is 10.1. The van der Waals surface area contributed by atoms with E-state index in [0.717, 1.165) is 22.1 Å². The van der Waals surface area contributed by atoms with Crippen LogP contribution in [0.4, 0.5) is 10.5 Å². The zero-order chi connectivity index (χ0) is 14.8. The summed E-state index contributed by atoms with van der Waals surface area (Å²) in [5, 5.41) is 0. The second-order valence-corrected chi connectivity index (χ2v) is 6.15. The Kier molecular flexibility index (Phi) is 3.97. The zero-order valence-corrected chi connectivity index (χ0v) is 13.3. The molecule has 2 aromatic rings. The largest absolute Gasteiger partial charge is 0.444 e. The van der Waals surface area contributed by atoms with Crippen molar-refractivity contribution in [3.8, 4) is 0 Å². The molecule has 1 heterocycles. The normalized spacial score (nSPS) is 16.7. The van der Waals surface area contributed by atoms with Gasteiger partial charge < -0.3 is 4.74 Å². The van der Waals surface area contributed by atoms with Crippen molar-refractivity contribution in [3.05, 3.63) is 64.1 Å². The smallest absolute Gasteiger partial charge is 0.414 e. The van der Waals surface area contributed by atoms with Gasteiger partial charge in [0, 0.05) is 10.5 Å². The lowest BCUT2D eigenvalue weighted by atomic mass is 10.1. The predicted octanol–water partition coefficient (Wildman–Crippen LogP) is 4.54. The molecule has 4 heteroatoms. The number of amides is 1. The van der Waals surface area contributed by atoms with Crippen molar-refractivity contribution >= 4 is 27.7 Å². The predicted molar refractivity (Wildman–Crippen MR) is 86.4 cm³/mol. The highest BCUT2D eigenvalue weighted by atomic mass is 79.9. The van der Waals surface area contributed by atoms with E-state index in [2.05, 4.69) is 22.0 Å². The molecule has 1 amide bonds. The lowest BCUT2D eigenvalue weighted by Gasteiger charge is -2.22. The highest BCUT2D eigenvalue weighted by Gasteiger charge is 2.32. The minimum Gasteiger partial charge on any atom is -0.444 e. The van der Waals surface area contributed by atoms with E-state index in [4.69, 9.17) is 4.74 Å². The van der Waals surface area contributed by atoms with E-state index < -0.39 is 0 Å². The van der Waals surface area contributed by atoms with Crippen LogP contribution in [-0.2, 0) is 17.8 Å². The van der Waals surface area contributed by atoms with Crippen molar-refractivity contribution in [3.63, 3.8) is 0 Å². The summed E-state index contributed by atoms with van der Waals surface area (Å²) < 4.78 is 6.48. The number of carbonyl (C=O) groups excluding carboxylic acids is 1. The molecule has 0 saturated heterocycles. The number of ether oxygens (including phenoxy) is 1. The Morgan fingerprint density at radius 3 is 2.81 bits per heavy atom. The number of halogens is 1. The Hall–Kier alpha value is -1.81. The number of hydrogen-bond acceptors (Lipinski definition) is 2. The van der Waals surface area contributed by atoms with Gasteiger partial charge in [0.15, 0.2) is 0 Å². The summed E-state index contributed by atoms with van der Waals surface area (Å²) in [4.78, 5) is 14.1. The molecular weight excluding hydrogens is 330 g/mol. The van der Waals surface area contributed by atoms with Crippen molar-refractivity contribution in [2.75, 3.05) is 4.90 Å². The molecule has 0 radical (unpaired) electrons. The van der Waals surface area contributed by atoms with Gasteiger partial charge >= 0.3 is 6.09 Å². The molecular formula is C17H16BrNO2. The lowest BCUT2D eigenvalue weighted by Crippen LogP contribution is -2.36. The van der Waals surface area contributed by atoms with Crippen LogP contribution < -0.4 is 4.90 Å². The molecule has 1 aliphatic heterocycles. The molecule has 0 saturated carbocycles. The summed E-state index contributed by atoms with van der Waals surface area (Å²) >= 11 is 3.47. The highest BCUT2D eigenvalue weighted by Crippen LogP contribution is 2.34. The van der Waals surface area contributed by atoms with Crippen LogP contribution in [0.3, 0.4) is 0 Å². The van der Waals surface area contributed by atoms with Gasteiger partial charge in [-0.1, -0.05) is 46.3 Å². The van der Waals surface area contributed by atoms with Gasteiger partial charge in [0.05, 0.1) is 5.69 Å². The lowest BCUT2D eigenvalue weighted by molar-refractivity contribution is 0.145. The number of carbonyl (C=O) groups is 1. The van der Waals surface area contributed by atoms with Crippen molar-refractivity contribution in [2.24, 2.45) is 0 Å². The second kappa shape index (κ2) is 5.90. The number of benzene rings is 2. The van der Waals surface area contributed by atoms with Gasteiger partial charge in [-0.05, 0) is 42.7 Å². The van der Waals surface area contributed by atoms with E-state index in [0.29, 0.717) is 6.61 Å². The maximum absolute atomic E-state index is 12.4. The first-order valence-corrected chi connectivity index (χ1v) is 7.73. The van der Waals surface area contributed by atoms with Gasteiger partial charge in [0.2, 0.25) is 0 Å². The molecule has 0 bridgehead atoms. The van der Waals surface area contributed by atoms with E-state index in [1.54, 1.807) is 4.90 Å². The molecule has 1 aliphatic rings. The third-order valence-electron chi connectivity index (χ3n) is 3.66. The molecule has 2 aromatic carbocycles. The standard InChI is InChI=1S/C17H16BrNO2/c1-12-9-14-10-15(18)7-8-16(14)19(12)17(20)21-11-13-5-3-2-4-6-13/h2-8,10,12H,9,11H2,1H3. The molecule has 0 aromatic heterocycles. The van der Waals surface area contributed by atoms with Crippen molar-refractivity contribution in [1.82, 2.24) is 0 Å². The summed E-state index contributed by atoms with van der Waals surface area (Å²) in [6.07, 6.45) is 0.572. The first-order valence-electron chi connectivity index (χ1n) is 6.93. The molecule has 21 heavy (non-hydrogen) atoms. The number of fused-ring (bicyclic) bond motifs is 1. The van der Waals surface area contributed by atoms with Gasteiger partial charge in [-0.2, -0.15) is 0 Å². The zero-order valence-electron chi connectivity index (χ0n) is 11.8. The number of nitrogens with zero attached hydrogens (tertiary/aromatic N) is 1. The molecule has 1 unspecified atom stereocenters. The van der Waals surface area contributed by atoms with Gasteiger partial charge in [0.25, 0.3) is 0 Å². The van der Waals surface area contributed by atoms with Crippen LogP contribution in [0, 0.1) is 0 Å². The molecule has 0 N–H and O–H groups in total. The van der Waals surface area contributed by atoms with Crippen LogP contribution in [0.25, 0.3) is 0 Å². The Bertz CT molecular complexity index is 657. The summed E-state index contributed by atoms with van der Waals surface area (Å²) in [7, 11) is 0. The van der Waals surface area contributed by atoms with Crippen LogP contribution in [0.5, 0.6) is 0 Å². The Balaban J connectivity index is 1.73. The Labute approximate surface area is 132 Å². The van der Waals surface area contributed by atoms with Gasteiger partial charge in [-0.25, -0.2) is 4.79 Å². The van der Waals surface area contributed by atoms with Crippen LogP contribution in [0.1, 0.15) is 18.1 Å². The molecule has 3 nitrogen and oxygen atoms in total. The van der Waals surface area contributed by atoms with Gasteiger partial charge in [-0.3, -0.25) is 4.90 Å². The molecule has 3 rings (SSSR count). The van der Waals surface area contributed by atoms with E-state index in [9.17, 15) is 4.79 Å². The average molecular weight is 346 g/mol. The summed E-state index contributed by atoms with van der Waals surface area (Å²) in [5.74, 6) is 0. The third-order valence-corrected chi connectivity index (χ3v) is 4.15. The quantitative estimate of drug-likeness (QED) is 0.799. The van der Waals surface area contributed by atoms with Crippen molar-refractivity contribution in [2.45, 2.75) is 26.0 Å². The fourth-order valence-electron chi connectivity index (χ4n) is 2.67. The van der Waals surface area contributed by atoms with E-state index >= 15 is 0 Å². The van der Waals surface area contributed by atoms with Gasteiger partial charge in [0.1, 0.15) is 6.61 Å². The van der Waals surface area contributed by atoms with E-state index in [1.807, 2.05) is 49.4 Å². The monoisotopic (exact) mass is 345 g/mol. The van der Waals surface area contributed by atoms with E-state index in [-0.39, 0.29) is 12.1 Å². The number of hydrogen-bond donors (Lipinski definition) is 0. The van der Waals surface area contributed by atoms with Crippen molar-refractivity contribution < 1.29 is 9.53 Å². The fraction of sp³-hybridized carbons (Fsp3) is 0.235. The maximum Gasteiger partial charge on any atom is 0.414 e. The fourth-order valence-corrected chi connectivity index (χ4v) is 3.08. The molecule has 1 atom stereocenters. The topological polar surface area (TPSA) is 29.5 Å². The highest BCUT2D eigenvalue weighted by molar-refractivity contribution is 9.10. The number of anilines is 1. The summed E-state index contributed by atoms with van der Waals surface area (Å²) in [6.45, 7) is 2.34. The van der Waals surface area contributed by atoms with Crippen LogP contribution in [-0.4, -0.2) is 12.1 Å². The minimum absolute atomic E-state index is 0.123. The third kappa shape index (κ3) is 2.95. The number of rotatable bonds is 2. The SMILES string of the molecule is CC1Cc2cc(Br)ccc2N1C(=O)OCc1ccccc1. The van der Waals surface area contributed by atoms with Crippen LogP contribution in [0.15, 0.2) is 53.0 Å². The van der Waals surface area contributed by atoms with E-state index in [1.165, 1.54) is 5.56 Å². The second-order valence-electron chi connectivity index (χ2n) is 5.24. The molecule has 108 valence electrons. The summed E-state index contributed by atoms with van der Waals surface area (Å²) in [5.41, 5.74) is 3.12. The Morgan fingerprint density at radius 1 is 1.29 bits per heavy atom. The Morgan fingerprint density at radius 2 is 2.05 bits per heavy atom. The summed E-state index contributed by atoms with van der Waals surface area (Å²) in [6, 6.07) is 15.8. The molecule has 0 spiro atoms. The van der Waals surface area contributed by atoms with Crippen molar-refractivity contribution in [1.29, 1.82) is 0 Å². The van der Waals surface area contributed by atoms with Crippen LogP contribution >= 0.6 is 15.9 Å². The maximum atomic E-state index is 12.4. The average Bonchev–Trinajstić information content (AvgIpc) is 2.81. The molecule has 0 fully saturated rings. The minimum atomic E-state index is -0.285.